The summed E-state index contributed by atoms with van der Waals surface area (Å²) in [6, 6.07) is 0. The van der Waals surface area contributed by atoms with Gasteiger partial charge in [0.1, 0.15) is 11.8 Å². The summed E-state index contributed by atoms with van der Waals surface area (Å²) in [6.45, 7) is 4.34. The fourth-order valence-corrected chi connectivity index (χ4v) is 7.63. The smallest absolute Gasteiger partial charge is 0.195 e. The van der Waals surface area contributed by atoms with E-state index in [1.807, 2.05) is 0 Å². The predicted molar refractivity (Wildman–Crippen MR) is 109 cm³/mol. The molecule has 0 saturated heterocycles. The normalized spacial score (nSPS) is 52.2. The second-order valence-electron chi connectivity index (χ2n) is 9.82. The number of alkyl halides is 2. The van der Waals surface area contributed by atoms with Gasteiger partial charge in [-0.15, -0.1) is 0 Å². The maximum atomic E-state index is 17.0. The number of thiocarbonyl (C=S) groups is 1. The van der Waals surface area contributed by atoms with Crippen LogP contribution >= 0.6 is 12.2 Å². The summed E-state index contributed by atoms with van der Waals surface area (Å²) in [4.78, 5) is 11.9. The Bertz CT molecular complexity index is 860. The van der Waals surface area contributed by atoms with Crippen molar-refractivity contribution in [3.8, 4) is 0 Å². The number of ether oxygens (including phenoxy) is 1. The highest BCUT2D eigenvalue weighted by atomic mass is 32.1. The number of fused-ring (bicyclic) bond motifs is 5. The van der Waals surface area contributed by atoms with E-state index in [4.69, 9.17) is 22.1 Å². The molecule has 4 rings (SSSR count). The molecule has 0 aromatic heterocycles. The van der Waals surface area contributed by atoms with E-state index in [1.54, 1.807) is 13.8 Å². The van der Waals surface area contributed by atoms with E-state index in [0.717, 1.165) is 6.08 Å². The Morgan fingerprint density at radius 3 is 2.63 bits per heavy atom. The van der Waals surface area contributed by atoms with Crippen LogP contribution in [0, 0.1) is 28.6 Å². The lowest BCUT2D eigenvalue weighted by Crippen LogP contribution is -2.70. The Balaban J connectivity index is 1.84. The van der Waals surface area contributed by atoms with Crippen LogP contribution in [0.4, 0.5) is 8.78 Å². The van der Waals surface area contributed by atoms with Crippen LogP contribution in [0.2, 0.25) is 0 Å². The molecule has 0 aromatic carbocycles. The van der Waals surface area contributed by atoms with Gasteiger partial charge >= 0.3 is 0 Å². The van der Waals surface area contributed by atoms with E-state index >= 15 is 8.78 Å². The first-order valence-electron chi connectivity index (χ1n) is 10.3. The van der Waals surface area contributed by atoms with Crippen molar-refractivity contribution in [2.45, 2.75) is 63.6 Å². The molecule has 0 aromatic rings. The number of hydrogen-bond acceptors (Lipinski definition) is 6. The molecule has 0 radical (unpaired) electrons. The molecule has 30 heavy (non-hydrogen) atoms. The van der Waals surface area contributed by atoms with Crippen LogP contribution in [0.1, 0.15) is 40.0 Å². The Hall–Kier alpha value is -1.22. The number of rotatable bonds is 2. The van der Waals surface area contributed by atoms with Crippen LogP contribution < -0.4 is 0 Å². The van der Waals surface area contributed by atoms with Crippen molar-refractivity contribution in [2.75, 3.05) is 6.79 Å². The molecule has 8 heteroatoms. The zero-order valence-electron chi connectivity index (χ0n) is 17.3. The van der Waals surface area contributed by atoms with Crippen molar-refractivity contribution >= 4 is 23.1 Å². The molecule has 0 aliphatic heterocycles. The summed E-state index contributed by atoms with van der Waals surface area (Å²) < 4.78 is 37.3. The van der Waals surface area contributed by atoms with Gasteiger partial charge in [-0.25, -0.2) is 8.78 Å². The van der Waals surface area contributed by atoms with Gasteiger partial charge in [0.15, 0.2) is 23.3 Å². The first-order chi connectivity index (χ1) is 13.9. The highest BCUT2D eigenvalue weighted by molar-refractivity contribution is 7.80. The molecule has 3 N–H and O–H groups in total. The monoisotopic (exact) mass is 442 g/mol. The summed E-state index contributed by atoms with van der Waals surface area (Å²) in [5.41, 5.74) is -6.34. The lowest BCUT2D eigenvalue weighted by atomic mass is 9.44. The number of hydrogen-bond donors (Lipinski definition) is 3. The molecule has 166 valence electrons. The Morgan fingerprint density at radius 1 is 1.33 bits per heavy atom. The average molecular weight is 443 g/mol. The SMILES string of the molecule is C[C@@H]1C[C@H]2[C@@H]3C[C@H](F)C4=CC(=O)C=C[C@]4(C)[C@@]3(F)[C@@H](O)C[C@]2(C)[C@@]1(O)C(=S)OCO. The molecule has 0 amide bonds. The maximum Gasteiger partial charge on any atom is 0.195 e. The molecule has 5 nitrogen and oxygen atoms in total. The number of ketones is 1. The Kier molecular flexibility index (Phi) is 4.87. The second-order valence-corrected chi connectivity index (χ2v) is 10.2. The summed E-state index contributed by atoms with van der Waals surface area (Å²) in [7, 11) is 0. The second kappa shape index (κ2) is 6.64. The van der Waals surface area contributed by atoms with E-state index in [-0.39, 0.29) is 23.5 Å². The van der Waals surface area contributed by atoms with Gasteiger partial charge in [0.05, 0.1) is 6.10 Å². The van der Waals surface area contributed by atoms with Crippen molar-refractivity contribution in [1.29, 1.82) is 0 Å². The number of halogens is 2. The van der Waals surface area contributed by atoms with Crippen LogP contribution in [-0.4, -0.2) is 56.5 Å². The van der Waals surface area contributed by atoms with Gasteiger partial charge in [0.2, 0.25) is 0 Å². The van der Waals surface area contributed by atoms with Crippen molar-refractivity contribution in [3.63, 3.8) is 0 Å². The van der Waals surface area contributed by atoms with E-state index in [0.29, 0.717) is 6.42 Å². The summed E-state index contributed by atoms with van der Waals surface area (Å²) in [5, 5.41) is 31.8. The number of allylic oxidation sites excluding steroid dienone is 4. The fourth-order valence-electron chi connectivity index (χ4n) is 7.14. The minimum absolute atomic E-state index is 0.0665. The van der Waals surface area contributed by atoms with Gasteiger partial charge < -0.3 is 20.1 Å². The van der Waals surface area contributed by atoms with Crippen molar-refractivity contribution in [2.24, 2.45) is 28.6 Å². The largest absolute Gasteiger partial charge is 0.458 e. The zero-order valence-corrected chi connectivity index (χ0v) is 18.1. The molecule has 4 aliphatic carbocycles. The fraction of sp³-hybridized carbons (Fsp3) is 0.727. The lowest BCUT2D eigenvalue weighted by molar-refractivity contribution is -0.216. The number of aliphatic hydroxyl groups is 3. The standard InChI is InChI=1S/C22H28F2O5S/c1-11-6-13-14-8-16(23)15-7-12(26)4-5-19(15,2)21(14,24)17(27)9-20(13,3)22(11,28)18(30)29-10-25/h4-5,7,11,13-14,16-17,25,27-28H,6,8-10H2,1-3H3/t11-,13+,14+,16+,17+,19+,20+,21+,22+/m1/s1. The topological polar surface area (TPSA) is 87.0 Å². The van der Waals surface area contributed by atoms with Gasteiger partial charge in [0.25, 0.3) is 0 Å². The van der Waals surface area contributed by atoms with Gasteiger partial charge in [-0.3, -0.25) is 4.79 Å². The van der Waals surface area contributed by atoms with E-state index < -0.39 is 64.7 Å². The molecule has 3 saturated carbocycles. The third-order valence-electron chi connectivity index (χ3n) is 8.72. The van der Waals surface area contributed by atoms with Crippen LogP contribution in [0.15, 0.2) is 23.8 Å². The summed E-state index contributed by atoms with van der Waals surface area (Å²) in [5.74, 6) is -2.20. The van der Waals surface area contributed by atoms with Gasteiger partial charge in [-0.1, -0.05) is 19.9 Å². The van der Waals surface area contributed by atoms with E-state index in [9.17, 15) is 15.0 Å². The number of carbonyl (C=O) groups is 1. The first kappa shape index (κ1) is 22.0. The van der Waals surface area contributed by atoms with Crippen LogP contribution in [0.25, 0.3) is 0 Å². The molecular weight excluding hydrogens is 414 g/mol. The highest BCUT2D eigenvalue weighted by Gasteiger charge is 2.76. The minimum atomic E-state index is -2.20. The first-order valence-corrected chi connectivity index (χ1v) is 10.8. The quantitative estimate of drug-likeness (QED) is 0.450. The summed E-state index contributed by atoms with van der Waals surface area (Å²) in [6.07, 6.45) is 0.802. The maximum absolute atomic E-state index is 17.0. The van der Waals surface area contributed by atoms with Gasteiger partial charge in [0, 0.05) is 16.7 Å². The van der Waals surface area contributed by atoms with Crippen molar-refractivity contribution in [1.82, 2.24) is 0 Å². The predicted octanol–water partition coefficient (Wildman–Crippen LogP) is 2.58. The molecule has 3 fully saturated rings. The van der Waals surface area contributed by atoms with E-state index in [2.05, 4.69) is 0 Å². The van der Waals surface area contributed by atoms with Crippen molar-refractivity contribution in [3.05, 3.63) is 23.8 Å². The molecule has 4 aliphatic rings. The average Bonchev–Trinajstić information content (AvgIpc) is 2.88. The van der Waals surface area contributed by atoms with Gasteiger partial charge in [-0.2, -0.15) is 0 Å². The van der Waals surface area contributed by atoms with E-state index in [1.165, 1.54) is 19.1 Å². The molecular formula is C22H28F2O5S. The molecule has 0 heterocycles. The zero-order chi connectivity index (χ0) is 22.3. The Labute approximate surface area is 179 Å². The van der Waals surface area contributed by atoms with Crippen LogP contribution in [-0.2, 0) is 9.53 Å². The minimum Gasteiger partial charge on any atom is -0.458 e. The molecule has 0 bridgehead atoms. The summed E-state index contributed by atoms with van der Waals surface area (Å²) >= 11 is 5.27. The number of carbonyl (C=O) groups excluding carboxylic acids is 1. The molecule has 9 atom stereocenters. The van der Waals surface area contributed by atoms with Crippen LogP contribution in [0.3, 0.4) is 0 Å². The third kappa shape index (κ3) is 2.36. The highest BCUT2D eigenvalue weighted by Crippen LogP contribution is 2.71. The third-order valence-corrected chi connectivity index (χ3v) is 9.15. The molecule has 0 unspecified atom stereocenters. The number of aliphatic hydroxyl groups excluding tert-OH is 2. The van der Waals surface area contributed by atoms with Crippen molar-refractivity contribution < 1.29 is 33.6 Å². The lowest BCUT2D eigenvalue weighted by Gasteiger charge is -2.63. The van der Waals surface area contributed by atoms with Gasteiger partial charge in [-0.05, 0) is 68.0 Å². The van der Waals surface area contributed by atoms with Crippen LogP contribution in [0.5, 0.6) is 0 Å². The Morgan fingerprint density at radius 2 is 2.00 bits per heavy atom. The molecule has 0 spiro atoms.